The molecule has 1 aromatic carbocycles. The molecule has 7 heteroatoms. The number of benzene rings is 1. The second-order valence-corrected chi connectivity index (χ2v) is 3.38. The van der Waals surface area contributed by atoms with Crippen LogP contribution in [0, 0.1) is 5.82 Å². The van der Waals surface area contributed by atoms with Crippen molar-refractivity contribution in [3.8, 4) is 0 Å². The predicted molar refractivity (Wildman–Crippen MR) is 46.9 cm³/mol. The van der Waals surface area contributed by atoms with E-state index in [1.54, 1.807) is 6.26 Å². The molecule has 72 valence electrons. The van der Waals surface area contributed by atoms with Gasteiger partial charge in [-0.15, -0.1) is 17.2 Å². The fourth-order valence-corrected chi connectivity index (χ4v) is 1.38. The van der Waals surface area contributed by atoms with Crippen LogP contribution in [0.2, 0.25) is 0 Å². The fraction of sp³-hybridized carbons (Fsp3) is 0.143. The Morgan fingerprint density at radius 1 is 1.14 bits per heavy atom. The van der Waals surface area contributed by atoms with Crippen molar-refractivity contribution < 1.29 is 68.7 Å². The average molecular weight is 248 g/mol. The van der Waals surface area contributed by atoms with Gasteiger partial charge in [0.25, 0.3) is 0 Å². The molecular formula is C7H6BF4KS. The average Bonchev–Trinajstić information content (AvgIpc) is 2.01. The Labute approximate surface area is 126 Å². The minimum absolute atomic E-state index is 0. The monoisotopic (exact) mass is 248 g/mol. The summed E-state index contributed by atoms with van der Waals surface area (Å²) in [5.41, 5.74) is -0.885. The Morgan fingerprint density at radius 2 is 1.71 bits per heavy atom. The first-order valence-corrected chi connectivity index (χ1v) is 4.70. The van der Waals surface area contributed by atoms with Crippen LogP contribution < -0.4 is 56.8 Å². The summed E-state index contributed by atoms with van der Waals surface area (Å²) in [6, 6.07) is 2.55. The summed E-state index contributed by atoms with van der Waals surface area (Å²) in [5, 5.41) is 0. The summed E-state index contributed by atoms with van der Waals surface area (Å²) < 4.78 is 49.2. The number of hydrogen-bond acceptors (Lipinski definition) is 1. The molecule has 0 saturated carbocycles. The molecule has 0 N–H and O–H groups in total. The standard InChI is InChI=1S/C7H6BF4S.K/c1-13-7-3-5(8(10,11)12)2-6(9)4-7;/h2-4H,1H3;/q-1;+1. The number of hydrogen-bond donors (Lipinski definition) is 0. The molecule has 0 saturated heterocycles. The first-order chi connectivity index (χ1) is 5.93. The van der Waals surface area contributed by atoms with Gasteiger partial charge in [0.05, 0.1) is 0 Å². The van der Waals surface area contributed by atoms with Crippen LogP contribution in [-0.4, -0.2) is 13.2 Å². The van der Waals surface area contributed by atoms with Crippen LogP contribution in [0.4, 0.5) is 17.3 Å². The van der Waals surface area contributed by atoms with Gasteiger partial charge in [-0.2, -0.15) is 0 Å². The Morgan fingerprint density at radius 3 is 2.14 bits per heavy atom. The Balaban J connectivity index is 0.00000169. The Bertz CT molecular complexity index is 315. The summed E-state index contributed by atoms with van der Waals surface area (Å²) in [6.45, 7) is -5.10. The van der Waals surface area contributed by atoms with E-state index in [-0.39, 0.29) is 56.3 Å². The third-order valence-corrected chi connectivity index (χ3v) is 2.21. The van der Waals surface area contributed by atoms with Crippen molar-refractivity contribution in [3.05, 3.63) is 24.0 Å². The minimum Gasteiger partial charge on any atom is -0.445 e. The van der Waals surface area contributed by atoms with Gasteiger partial charge in [0.15, 0.2) is 0 Å². The van der Waals surface area contributed by atoms with Crippen LogP contribution in [0.3, 0.4) is 0 Å². The maximum atomic E-state index is 12.6. The minimum atomic E-state index is -5.10. The zero-order chi connectivity index (χ0) is 10.1. The van der Waals surface area contributed by atoms with Crippen molar-refractivity contribution in [2.45, 2.75) is 4.90 Å². The smallest absolute Gasteiger partial charge is 0.445 e. The van der Waals surface area contributed by atoms with Gasteiger partial charge in [0, 0.05) is 4.90 Å². The van der Waals surface area contributed by atoms with Crippen LogP contribution in [0.15, 0.2) is 23.1 Å². The predicted octanol–water partition coefficient (Wildman–Crippen LogP) is -0.394. The normalized spacial score (nSPS) is 10.9. The number of halogens is 4. The molecule has 1 rings (SSSR count). The summed E-state index contributed by atoms with van der Waals surface area (Å²) in [5.74, 6) is -0.846. The van der Waals surface area contributed by atoms with Crippen LogP contribution in [0.25, 0.3) is 0 Å². The van der Waals surface area contributed by atoms with E-state index in [0.717, 1.165) is 23.9 Å². The van der Waals surface area contributed by atoms with Crippen molar-refractivity contribution in [1.29, 1.82) is 0 Å². The molecule has 0 aliphatic heterocycles. The van der Waals surface area contributed by atoms with Crippen molar-refractivity contribution in [2.75, 3.05) is 6.26 Å². The van der Waals surface area contributed by atoms with Crippen LogP contribution >= 0.6 is 11.8 Å². The maximum absolute atomic E-state index is 12.6. The third-order valence-electron chi connectivity index (χ3n) is 1.51. The van der Waals surface area contributed by atoms with Crippen LogP contribution in [0.1, 0.15) is 0 Å². The van der Waals surface area contributed by atoms with Crippen molar-refractivity contribution in [1.82, 2.24) is 0 Å². The molecule has 0 aliphatic carbocycles. The molecular weight excluding hydrogens is 242 g/mol. The van der Waals surface area contributed by atoms with Gasteiger partial charge in [-0.3, -0.25) is 0 Å². The van der Waals surface area contributed by atoms with E-state index in [1.807, 2.05) is 0 Å². The molecule has 0 aliphatic rings. The van der Waals surface area contributed by atoms with Crippen molar-refractivity contribution in [2.24, 2.45) is 0 Å². The van der Waals surface area contributed by atoms with Crippen molar-refractivity contribution in [3.63, 3.8) is 0 Å². The molecule has 0 unspecified atom stereocenters. The SMILES string of the molecule is CSc1cc(F)cc([B-](F)(F)F)c1.[K+]. The van der Waals surface area contributed by atoms with E-state index < -0.39 is 18.3 Å². The van der Waals surface area contributed by atoms with Gasteiger partial charge in [0.1, 0.15) is 5.82 Å². The summed E-state index contributed by atoms with van der Waals surface area (Å²) in [7, 11) is 0. The van der Waals surface area contributed by atoms with E-state index in [4.69, 9.17) is 0 Å². The zero-order valence-corrected chi connectivity index (χ0v) is 11.7. The van der Waals surface area contributed by atoms with E-state index in [9.17, 15) is 17.3 Å². The second kappa shape index (κ2) is 5.91. The molecule has 0 amide bonds. The maximum Gasteiger partial charge on any atom is 1.00 e. The molecule has 0 spiro atoms. The topological polar surface area (TPSA) is 0 Å². The molecule has 0 atom stereocenters. The van der Waals surface area contributed by atoms with E-state index in [1.165, 1.54) is 0 Å². The number of rotatable bonds is 2. The number of thioether (sulfide) groups is 1. The molecule has 0 aromatic heterocycles. The molecule has 0 radical (unpaired) electrons. The summed E-state index contributed by atoms with van der Waals surface area (Å²) in [4.78, 5) is 0.286. The largest absolute Gasteiger partial charge is 1.00 e. The first-order valence-electron chi connectivity index (χ1n) is 3.48. The van der Waals surface area contributed by atoms with Crippen molar-refractivity contribution >= 4 is 24.2 Å². The Hall–Kier alpha value is 0.991. The molecule has 0 nitrogen and oxygen atoms in total. The van der Waals surface area contributed by atoms with Gasteiger partial charge in [-0.1, -0.05) is 12.1 Å². The Kier molecular flexibility index (Phi) is 6.33. The third kappa shape index (κ3) is 4.24. The van der Waals surface area contributed by atoms with Crippen LogP contribution in [-0.2, 0) is 0 Å². The van der Waals surface area contributed by atoms with E-state index in [0.29, 0.717) is 6.07 Å². The van der Waals surface area contributed by atoms with Gasteiger partial charge in [0.2, 0.25) is 0 Å². The molecule has 0 fully saturated rings. The van der Waals surface area contributed by atoms with Gasteiger partial charge >= 0.3 is 58.4 Å². The van der Waals surface area contributed by atoms with Gasteiger partial charge < -0.3 is 12.9 Å². The zero-order valence-electron chi connectivity index (χ0n) is 7.73. The van der Waals surface area contributed by atoms with E-state index in [2.05, 4.69) is 0 Å². The molecule has 1 aromatic rings. The molecule has 0 bridgehead atoms. The quantitative estimate of drug-likeness (QED) is 0.390. The van der Waals surface area contributed by atoms with E-state index >= 15 is 0 Å². The second-order valence-electron chi connectivity index (χ2n) is 2.50. The van der Waals surface area contributed by atoms with Crippen LogP contribution in [0.5, 0.6) is 0 Å². The summed E-state index contributed by atoms with van der Waals surface area (Å²) >= 11 is 1.08. The van der Waals surface area contributed by atoms with Gasteiger partial charge in [-0.25, -0.2) is 4.39 Å². The molecule has 14 heavy (non-hydrogen) atoms. The first kappa shape index (κ1) is 15.0. The fourth-order valence-electron chi connectivity index (χ4n) is 0.891. The summed E-state index contributed by atoms with van der Waals surface area (Å²) in [6.07, 6.45) is 1.60. The molecule has 0 heterocycles. The van der Waals surface area contributed by atoms with Gasteiger partial charge in [-0.05, 0) is 12.3 Å².